The van der Waals surface area contributed by atoms with Gasteiger partial charge in [0.2, 0.25) is 4.96 Å². The monoisotopic (exact) mass is 507 g/mol. The summed E-state index contributed by atoms with van der Waals surface area (Å²) in [4.78, 5) is 14.6. The van der Waals surface area contributed by atoms with Gasteiger partial charge >= 0.3 is 0 Å². The van der Waals surface area contributed by atoms with Crippen molar-refractivity contribution in [3.05, 3.63) is 54.0 Å². The lowest BCUT2D eigenvalue weighted by Crippen LogP contribution is -2.15. The van der Waals surface area contributed by atoms with Gasteiger partial charge in [0.05, 0.1) is 36.9 Å². The Morgan fingerprint density at radius 2 is 2.09 bits per heavy atom. The minimum Gasteiger partial charge on any atom is -0.496 e. The fourth-order valence-electron chi connectivity index (χ4n) is 3.77. The van der Waals surface area contributed by atoms with E-state index in [0.717, 1.165) is 32.4 Å². The number of furan rings is 1. The van der Waals surface area contributed by atoms with Gasteiger partial charge in [-0.3, -0.25) is 9.98 Å². The summed E-state index contributed by atoms with van der Waals surface area (Å²) in [5, 5.41) is 6.73. The number of imidazole rings is 1. The third kappa shape index (κ3) is 4.21. The molecule has 5 heterocycles. The van der Waals surface area contributed by atoms with E-state index in [1.165, 1.54) is 11.3 Å². The van der Waals surface area contributed by atoms with Crippen LogP contribution in [0.5, 0.6) is 16.7 Å². The Labute approximate surface area is 208 Å². The van der Waals surface area contributed by atoms with Crippen LogP contribution in [-0.4, -0.2) is 57.2 Å². The zero-order valence-corrected chi connectivity index (χ0v) is 20.9. The van der Waals surface area contributed by atoms with Crippen LogP contribution < -0.4 is 14.2 Å². The molecule has 178 valence electrons. The lowest BCUT2D eigenvalue weighted by molar-refractivity contribution is 0.301. The van der Waals surface area contributed by atoms with Crippen molar-refractivity contribution in [2.24, 2.45) is 4.99 Å². The van der Waals surface area contributed by atoms with Gasteiger partial charge in [0.25, 0.3) is 5.19 Å². The highest BCUT2D eigenvalue weighted by Gasteiger charge is 2.22. The Morgan fingerprint density at radius 1 is 1.17 bits per heavy atom. The molecule has 1 aliphatic heterocycles. The summed E-state index contributed by atoms with van der Waals surface area (Å²) in [6.07, 6.45) is 3.68. The largest absolute Gasteiger partial charge is 0.496 e. The van der Waals surface area contributed by atoms with Crippen LogP contribution in [0.3, 0.4) is 0 Å². The van der Waals surface area contributed by atoms with E-state index in [1.807, 2.05) is 43.6 Å². The molecule has 1 aliphatic rings. The lowest BCUT2D eigenvalue weighted by Gasteiger charge is -2.11. The van der Waals surface area contributed by atoms with E-state index in [4.69, 9.17) is 23.6 Å². The number of rotatable bonds is 7. The number of hydrogen-bond donors (Lipinski definition) is 0. The van der Waals surface area contributed by atoms with Gasteiger partial charge in [-0.05, 0) is 36.5 Å². The first kappa shape index (κ1) is 21.9. The van der Waals surface area contributed by atoms with Gasteiger partial charge in [0.1, 0.15) is 29.4 Å². The van der Waals surface area contributed by atoms with E-state index in [1.54, 1.807) is 30.5 Å². The van der Waals surface area contributed by atoms with E-state index in [2.05, 4.69) is 21.1 Å². The molecule has 9 nitrogen and oxygen atoms in total. The van der Waals surface area contributed by atoms with Gasteiger partial charge in [0.15, 0.2) is 5.76 Å². The molecular weight excluding hydrogens is 486 g/mol. The van der Waals surface area contributed by atoms with Crippen LogP contribution in [0.2, 0.25) is 0 Å². The number of thioether (sulfide) groups is 1. The van der Waals surface area contributed by atoms with Crippen LogP contribution in [0, 0.1) is 6.92 Å². The molecule has 6 rings (SSSR count). The zero-order valence-electron chi connectivity index (χ0n) is 19.2. The summed E-state index contributed by atoms with van der Waals surface area (Å²) < 4.78 is 24.7. The van der Waals surface area contributed by atoms with Crippen molar-refractivity contribution in [2.45, 2.75) is 13.0 Å². The molecular formula is C24H21N5O4S2. The molecule has 0 fully saturated rings. The van der Waals surface area contributed by atoms with Crippen molar-refractivity contribution >= 4 is 44.1 Å². The summed E-state index contributed by atoms with van der Waals surface area (Å²) in [5.74, 6) is 2.81. The zero-order chi connectivity index (χ0) is 23.9. The fraction of sp³-hybridized carbons (Fsp3) is 0.250. The van der Waals surface area contributed by atoms with Crippen molar-refractivity contribution in [1.29, 1.82) is 0 Å². The molecule has 5 aromatic rings. The summed E-state index contributed by atoms with van der Waals surface area (Å²) >= 11 is 3.09. The Bertz CT molecular complexity index is 1520. The molecule has 0 radical (unpaired) electrons. The van der Waals surface area contributed by atoms with E-state index in [9.17, 15) is 0 Å². The van der Waals surface area contributed by atoms with Gasteiger partial charge in [-0.2, -0.15) is 0 Å². The topological polar surface area (TPSA) is 96.3 Å². The second kappa shape index (κ2) is 8.90. The molecule has 1 unspecified atom stereocenters. The van der Waals surface area contributed by atoms with Crippen molar-refractivity contribution in [3.63, 3.8) is 0 Å². The molecule has 0 saturated heterocycles. The molecule has 0 N–H and O–H groups in total. The molecule has 0 amide bonds. The van der Waals surface area contributed by atoms with E-state index in [0.29, 0.717) is 40.3 Å². The number of nitrogens with zero attached hydrogens (tertiary/aromatic N) is 5. The summed E-state index contributed by atoms with van der Waals surface area (Å²) in [5.41, 5.74) is 3.37. The van der Waals surface area contributed by atoms with E-state index < -0.39 is 0 Å². The summed E-state index contributed by atoms with van der Waals surface area (Å²) in [6, 6.07) is 9.76. The maximum Gasteiger partial charge on any atom is 0.294 e. The second-order valence-corrected chi connectivity index (χ2v) is 9.90. The normalized spacial score (nSPS) is 15.6. The van der Waals surface area contributed by atoms with Crippen LogP contribution in [-0.2, 0) is 0 Å². The first-order valence-corrected chi connectivity index (χ1v) is 12.7. The molecule has 1 aromatic carbocycles. The summed E-state index contributed by atoms with van der Waals surface area (Å²) in [7, 11) is 3.21. The Hall–Kier alpha value is -3.57. The van der Waals surface area contributed by atoms with Gasteiger partial charge in [-0.1, -0.05) is 0 Å². The molecule has 4 aromatic heterocycles. The third-order valence-corrected chi connectivity index (χ3v) is 7.61. The maximum absolute atomic E-state index is 6.24. The quantitative estimate of drug-likeness (QED) is 0.308. The van der Waals surface area contributed by atoms with Gasteiger partial charge < -0.3 is 18.6 Å². The van der Waals surface area contributed by atoms with Crippen LogP contribution in [0.1, 0.15) is 11.3 Å². The van der Waals surface area contributed by atoms with Crippen LogP contribution >= 0.6 is 23.1 Å². The van der Waals surface area contributed by atoms with Crippen LogP contribution in [0.25, 0.3) is 27.4 Å². The van der Waals surface area contributed by atoms with Crippen molar-refractivity contribution < 1.29 is 18.6 Å². The number of hydrogen-bond acceptors (Lipinski definition) is 10. The SMILES string of the molecule is COc1cc(OCC2CSC(c3ccc(C)nc3)=N2)c2cc(-c3cn4nc(OC)sc4n3)oc2c1. The number of fused-ring (bicyclic) bond motifs is 2. The summed E-state index contributed by atoms with van der Waals surface area (Å²) in [6.45, 7) is 2.42. The number of ether oxygens (including phenoxy) is 3. The predicted molar refractivity (Wildman–Crippen MR) is 136 cm³/mol. The van der Waals surface area contributed by atoms with Gasteiger partial charge in [0, 0.05) is 35.3 Å². The Kier molecular flexibility index (Phi) is 5.57. The molecule has 1 atom stereocenters. The highest BCUT2D eigenvalue weighted by molar-refractivity contribution is 8.14. The molecule has 0 bridgehead atoms. The van der Waals surface area contributed by atoms with E-state index >= 15 is 0 Å². The van der Waals surface area contributed by atoms with Gasteiger partial charge in [-0.15, -0.1) is 16.9 Å². The number of aromatic nitrogens is 4. The first-order valence-electron chi connectivity index (χ1n) is 10.9. The second-order valence-electron chi connectivity index (χ2n) is 7.97. The average molecular weight is 508 g/mol. The number of pyridine rings is 1. The molecule has 0 spiro atoms. The lowest BCUT2D eigenvalue weighted by atomic mass is 10.2. The Balaban J connectivity index is 1.26. The van der Waals surface area contributed by atoms with Crippen molar-refractivity contribution in [2.75, 3.05) is 26.6 Å². The van der Waals surface area contributed by atoms with Crippen molar-refractivity contribution in [1.82, 2.24) is 19.6 Å². The number of methoxy groups -OCH3 is 2. The average Bonchev–Trinajstić information content (AvgIpc) is 3.65. The van der Waals surface area contributed by atoms with E-state index in [-0.39, 0.29) is 6.04 Å². The Morgan fingerprint density at radius 3 is 2.86 bits per heavy atom. The predicted octanol–water partition coefficient (Wildman–Crippen LogP) is 4.87. The minimum absolute atomic E-state index is 0.0462. The molecule has 35 heavy (non-hydrogen) atoms. The maximum atomic E-state index is 6.24. The number of benzene rings is 1. The van der Waals surface area contributed by atoms with Gasteiger partial charge in [-0.25, -0.2) is 9.50 Å². The standard InChI is InChI=1S/C24H21N5O4S2/c1-13-4-5-14(9-25-13)22-26-15(12-34-22)11-32-19-6-16(30-2)7-20-17(19)8-21(33-20)18-10-29-23(27-18)35-24(28-29)31-3/h4-10,15H,11-12H2,1-3H3. The molecule has 0 saturated carbocycles. The highest BCUT2D eigenvalue weighted by atomic mass is 32.2. The smallest absolute Gasteiger partial charge is 0.294 e. The molecule has 11 heteroatoms. The highest BCUT2D eigenvalue weighted by Crippen LogP contribution is 2.37. The first-order chi connectivity index (χ1) is 17.1. The van der Waals surface area contributed by atoms with Crippen LogP contribution in [0.15, 0.2) is 52.1 Å². The van der Waals surface area contributed by atoms with Crippen molar-refractivity contribution in [3.8, 4) is 28.1 Å². The third-order valence-electron chi connectivity index (χ3n) is 5.56. The number of aryl methyl sites for hydroxylation is 1. The fourth-order valence-corrected chi connectivity index (χ4v) is 5.50. The minimum atomic E-state index is 0.0462. The number of aliphatic imine (C=N–C) groups is 1. The van der Waals surface area contributed by atoms with Crippen LogP contribution in [0.4, 0.5) is 0 Å². The molecule has 0 aliphatic carbocycles.